The van der Waals surface area contributed by atoms with Crippen molar-refractivity contribution in [3.05, 3.63) is 0 Å². The summed E-state index contributed by atoms with van der Waals surface area (Å²) in [6.45, 7) is -0.728. The van der Waals surface area contributed by atoms with Gasteiger partial charge in [0.05, 0.1) is 0 Å². The monoisotopic (exact) mass is 327 g/mol. The van der Waals surface area contributed by atoms with Gasteiger partial charge in [0.1, 0.15) is 0 Å². The van der Waals surface area contributed by atoms with Gasteiger partial charge in [-0.3, -0.25) is 0 Å². The molecular weight excluding hydrogens is 312 g/mol. The lowest BCUT2D eigenvalue weighted by Crippen LogP contribution is -2.56. The Bertz CT molecular complexity index is 417. The third-order valence-corrected chi connectivity index (χ3v) is 5.11. The normalized spacial score (nSPS) is 20.8. The predicted octanol–water partition coefficient (Wildman–Crippen LogP) is 3.08. The zero-order valence-corrected chi connectivity index (χ0v) is 11.3. The van der Waals surface area contributed by atoms with E-state index >= 15 is 0 Å². The molecule has 120 valence electrons. The molecule has 0 spiro atoms. The molecule has 1 heterocycles. The van der Waals surface area contributed by atoms with E-state index in [1.807, 2.05) is 0 Å². The third-order valence-electron chi connectivity index (χ3n) is 3.14. The van der Waals surface area contributed by atoms with Crippen LogP contribution in [0.2, 0.25) is 0 Å². The standard InChI is InChI=1S/C10H15F6NO2S/c11-8(12)9(13,14)10(15,16)20(18,19)17-6-4-2-1-3-5-7-17/h8H,1-7H2. The Balaban J connectivity index is 3.06. The van der Waals surface area contributed by atoms with Crippen LogP contribution in [0.5, 0.6) is 0 Å². The summed E-state index contributed by atoms with van der Waals surface area (Å²) < 4.78 is 99.9. The van der Waals surface area contributed by atoms with Crippen LogP contribution in [0, 0.1) is 0 Å². The van der Waals surface area contributed by atoms with Gasteiger partial charge >= 0.3 is 17.6 Å². The van der Waals surface area contributed by atoms with Crippen LogP contribution in [-0.4, -0.2) is 43.4 Å². The number of halogens is 6. The zero-order valence-electron chi connectivity index (χ0n) is 10.5. The first-order chi connectivity index (χ1) is 9.05. The highest BCUT2D eigenvalue weighted by molar-refractivity contribution is 7.90. The maximum Gasteiger partial charge on any atom is 0.426 e. The summed E-state index contributed by atoms with van der Waals surface area (Å²) in [7, 11) is -5.83. The van der Waals surface area contributed by atoms with E-state index in [0.29, 0.717) is 12.8 Å². The van der Waals surface area contributed by atoms with Gasteiger partial charge in [-0.05, 0) is 12.8 Å². The van der Waals surface area contributed by atoms with E-state index in [9.17, 15) is 34.8 Å². The average Bonchev–Trinajstić information content (AvgIpc) is 2.26. The van der Waals surface area contributed by atoms with Crippen molar-refractivity contribution in [3.63, 3.8) is 0 Å². The number of rotatable bonds is 4. The van der Waals surface area contributed by atoms with Crippen molar-refractivity contribution in [3.8, 4) is 0 Å². The molecule has 0 aromatic rings. The van der Waals surface area contributed by atoms with Gasteiger partial charge in [0, 0.05) is 13.1 Å². The SMILES string of the molecule is O=S(=O)(N1CCCCCCC1)C(F)(F)C(F)(F)C(F)F. The van der Waals surface area contributed by atoms with Gasteiger partial charge in [-0.15, -0.1) is 0 Å². The van der Waals surface area contributed by atoms with Crippen LogP contribution in [0.4, 0.5) is 26.3 Å². The summed E-state index contributed by atoms with van der Waals surface area (Å²) >= 11 is 0. The lowest BCUT2D eigenvalue weighted by molar-refractivity contribution is -0.226. The maximum absolute atomic E-state index is 13.4. The third kappa shape index (κ3) is 3.05. The Labute approximate surface area is 113 Å². The molecule has 0 aliphatic carbocycles. The second kappa shape index (κ2) is 6.08. The first kappa shape index (κ1) is 17.5. The molecule has 0 unspecified atom stereocenters. The lowest BCUT2D eigenvalue weighted by Gasteiger charge is -2.31. The van der Waals surface area contributed by atoms with Gasteiger partial charge in [0.25, 0.3) is 10.0 Å². The average molecular weight is 327 g/mol. The molecule has 0 aromatic carbocycles. The molecule has 3 nitrogen and oxygen atoms in total. The van der Waals surface area contributed by atoms with Crippen molar-refractivity contribution in [1.29, 1.82) is 0 Å². The Kier molecular flexibility index (Phi) is 5.34. The largest absolute Gasteiger partial charge is 0.426 e. The lowest BCUT2D eigenvalue weighted by atomic mass is 10.1. The second-order valence-electron chi connectivity index (χ2n) is 4.61. The van der Waals surface area contributed by atoms with Gasteiger partial charge in [0.2, 0.25) is 0 Å². The summed E-state index contributed by atoms with van der Waals surface area (Å²) in [6, 6.07) is 0. The molecule has 1 fully saturated rings. The molecule has 1 rings (SSSR count). The molecule has 0 aromatic heterocycles. The van der Waals surface area contributed by atoms with Crippen LogP contribution in [-0.2, 0) is 10.0 Å². The predicted molar refractivity (Wildman–Crippen MR) is 59.5 cm³/mol. The number of nitrogens with zero attached hydrogens (tertiary/aromatic N) is 1. The van der Waals surface area contributed by atoms with Crippen LogP contribution in [0.1, 0.15) is 32.1 Å². The zero-order chi connectivity index (χ0) is 15.6. The Morgan fingerprint density at radius 1 is 0.850 bits per heavy atom. The number of hydrogen-bond acceptors (Lipinski definition) is 2. The van der Waals surface area contributed by atoms with Crippen LogP contribution < -0.4 is 0 Å². The molecule has 0 N–H and O–H groups in total. The summed E-state index contributed by atoms with van der Waals surface area (Å²) in [4.78, 5) is 0. The van der Waals surface area contributed by atoms with E-state index in [1.165, 1.54) is 0 Å². The highest BCUT2D eigenvalue weighted by Crippen LogP contribution is 2.44. The molecule has 0 bridgehead atoms. The van der Waals surface area contributed by atoms with E-state index < -0.39 is 27.6 Å². The van der Waals surface area contributed by atoms with Gasteiger partial charge in [-0.1, -0.05) is 19.3 Å². The summed E-state index contributed by atoms with van der Waals surface area (Å²) in [5, 5.41) is -5.83. The van der Waals surface area contributed by atoms with E-state index in [4.69, 9.17) is 0 Å². The second-order valence-corrected chi connectivity index (χ2v) is 6.59. The quantitative estimate of drug-likeness (QED) is 0.744. The smallest absolute Gasteiger partial charge is 0.206 e. The molecule has 0 amide bonds. The number of alkyl halides is 6. The molecule has 1 aliphatic rings. The summed E-state index contributed by atoms with van der Waals surface area (Å²) in [6.07, 6.45) is -2.36. The summed E-state index contributed by atoms with van der Waals surface area (Å²) in [5.41, 5.74) is 0. The van der Waals surface area contributed by atoms with Gasteiger partial charge in [-0.2, -0.15) is 21.9 Å². The first-order valence-electron chi connectivity index (χ1n) is 6.08. The van der Waals surface area contributed by atoms with Crippen molar-refractivity contribution in [2.75, 3.05) is 13.1 Å². The van der Waals surface area contributed by atoms with Crippen LogP contribution >= 0.6 is 0 Å². The van der Waals surface area contributed by atoms with Crippen molar-refractivity contribution in [2.45, 2.75) is 49.7 Å². The van der Waals surface area contributed by atoms with Crippen molar-refractivity contribution < 1.29 is 34.8 Å². The molecule has 0 radical (unpaired) electrons. The van der Waals surface area contributed by atoms with E-state index in [-0.39, 0.29) is 30.2 Å². The van der Waals surface area contributed by atoms with Crippen molar-refractivity contribution in [1.82, 2.24) is 4.31 Å². The van der Waals surface area contributed by atoms with E-state index in [2.05, 4.69) is 0 Å². The fourth-order valence-corrected chi connectivity index (χ4v) is 3.42. The highest BCUT2D eigenvalue weighted by Gasteiger charge is 2.71. The Hall–Kier alpha value is -0.510. The maximum atomic E-state index is 13.4. The highest BCUT2D eigenvalue weighted by atomic mass is 32.2. The van der Waals surface area contributed by atoms with E-state index in [0.717, 1.165) is 6.42 Å². The number of sulfonamides is 1. The van der Waals surface area contributed by atoms with Crippen molar-refractivity contribution in [2.24, 2.45) is 0 Å². The van der Waals surface area contributed by atoms with Gasteiger partial charge in [0.15, 0.2) is 0 Å². The minimum Gasteiger partial charge on any atom is -0.206 e. The minimum absolute atomic E-state index is 0.197. The topological polar surface area (TPSA) is 37.4 Å². The number of hydrogen-bond donors (Lipinski definition) is 0. The molecule has 10 heteroatoms. The van der Waals surface area contributed by atoms with Crippen LogP contribution in [0.25, 0.3) is 0 Å². The van der Waals surface area contributed by atoms with Crippen LogP contribution in [0.3, 0.4) is 0 Å². The van der Waals surface area contributed by atoms with Crippen molar-refractivity contribution >= 4 is 10.0 Å². The fourth-order valence-electron chi connectivity index (χ4n) is 1.92. The molecular formula is C10H15F6NO2S. The van der Waals surface area contributed by atoms with Crippen LogP contribution in [0.15, 0.2) is 0 Å². The van der Waals surface area contributed by atoms with Gasteiger partial charge in [-0.25, -0.2) is 17.2 Å². The molecule has 1 aliphatic heterocycles. The molecule has 1 saturated heterocycles. The Morgan fingerprint density at radius 3 is 1.65 bits per heavy atom. The fraction of sp³-hybridized carbons (Fsp3) is 1.00. The molecule has 0 saturated carbocycles. The summed E-state index contributed by atoms with van der Waals surface area (Å²) in [5.74, 6) is -5.92. The van der Waals surface area contributed by atoms with Gasteiger partial charge < -0.3 is 0 Å². The minimum atomic E-state index is -5.92. The molecule has 0 atom stereocenters. The molecule has 20 heavy (non-hydrogen) atoms. The van der Waals surface area contributed by atoms with E-state index in [1.54, 1.807) is 0 Å². The first-order valence-corrected chi connectivity index (χ1v) is 7.52. The Morgan fingerprint density at radius 2 is 1.25 bits per heavy atom.